The van der Waals surface area contributed by atoms with Crippen molar-refractivity contribution in [2.45, 2.75) is 25.3 Å². The molecule has 0 saturated carbocycles. The molecule has 3 rings (SSSR count). The molecule has 0 N–H and O–H groups in total. The molecule has 1 aliphatic heterocycles. The molecule has 1 aromatic rings. The van der Waals surface area contributed by atoms with Gasteiger partial charge in [-0.1, -0.05) is 24.3 Å². The first-order valence-electron chi connectivity index (χ1n) is 8.52. The standard InChI is InChI=1S/C19H22FN3O/c20-17-8-6-15(7-9-17)18(14-21)22-10-12-23(13-11-22)19(24)16-4-2-1-3-5-16/h1-2,6-9,16,18H,3-5,10-13H2/t16-,18+/m0/s1. The van der Waals surface area contributed by atoms with Gasteiger partial charge in [-0.3, -0.25) is 9.69 Å². The number of carbonyl (C=O) groups excluding carboxylic acids is 1. The molecule has 2 aliphatic rings. The maximum absolute atomic E-state index is 13.1. The Morgan fingerprint density at radius 2 is 1.88 bits per heavy atom. The van der Waals surface area contributed by atoms with Crippen molar-refractivity contribution >= 4 is 5.91 Å². The lowest BCUT2D eigenvalue weighted by Gasteiger charge is -2.38. The summed E-state index contributed by atoms with van der Waals surface area (Å²) >= 11 is 0. The van der Waals surface area contributed by atoms with Crippen molar-refractivity contribution in [1.82, 2.24) is 9.80 Å². The first-order valence-corrected chi connectivity index (χ1v) is 8.52. The van der Waals surface area contributed by atoms with Gasteiger partial charge in [-0.25, -0.2) is 4.39 Å². The second kappa shape index (κ2) is 7.59. The number of hydrogen-bond donors (Lipinski definition) is 0. The number of carbonyl (C=O) groups is 1. The average molecular weight is 327 g/mol. The smallest absolute Gasteiger partial charge is 0.226 e. The lowest BCUT2D eigenvalue weighted by atomic mass is 9.93. The van der Waals surface area contributed by atoms with Crippen LogP contribution in [0.5, 0.6) is 0 Å². The highest BCUT2D eigenvalue weighted by Crippen LogP contribution is 2.24. The molecule has 1 aliphatic carbocycles. The summed E-state index contributed by atoms with van der Waals surface area (Å²) in [5.74, 6) is 0.0621. The maximum Gasteiger partial charge on any atom is 0.226 e. The molecular weight excluding hydrogens is 305 g/mol. The van der Waals surface area contributed by atoms with Gasteiger partial charge in [-0.05, 0) is 37.0 Å². The van der Waals surface area contributed by atoms with E-state index in [1.54, 1.807) is 12.1 Å². The van der Waals surface area contributed by atoms with E-state index < -0.39 is 0 Å². The summed E-state index contributed by atoms with van der Waals surface area (Å²) < 4.78 is 13.1. The monoisotopic (exact) mass is 327 g/mol. The van der Waals surface area contributed by atoms with E-state index in [0.29, 0.717) is 26.2 Å². The van der Waals surface area contributed by atoms with E-state index in [9.17, 15) is 14.4 Å². The van der Waals surface area contributed by atoms with Crippen LogP contribution in [0, 0.1) is 23.1 Å². The first kappa shape index (κ1) is 16.7. The normalized spacial score (nSPS) is 22.8. The van der Waals surface area contributed by atoms with E-state index in [1.807, 2.05) is 4.90 Å². The molecule has 24 heavy (non-hydrogen) atoms. The molecular formula is C19H22FN3O. The van der Waals surface area contributed by atoms with Gasteiger partial charge in [-0.15, -0.1) is 0 Å². The molecule has 0 spiro atoms. The van der Waals surface area contributed by atoms with Gasteiger partial charge in [-0.2, -0.15) is 5.26 Å². The molecule has 0 bridgehead atoms. The van der Waals surface area contributed by atoms with Crippen molar-refractivity contribution in [3.8, 4) is 6.07 Å². The fourth-order valence-corrected chi connectivity index (χ4v) is 3.49. The molecule has 1 amide bonds. The van der Waals surface area contributed by atoms with Gasteiger partial charge >= 0.3 is 0 Å². The summed E-state index contributed by atoms with van der Waals surface area (Å²) in [4.78, 5) is 16.6. The second-order valence-electron chi connectivity index (χ2n) is 6.43. The number of amides is 1. The van der Waals surface area contributed by atoms with Gasteiger partial charge in [0.1, 0.15) is 11.9 Å². The van der Waals surface area contributed by atoms with Crippen molar-refractivity contribution in [3.63, 3.8) is 0 Å². The quantitative estimate of drug-likeness (QED) is 0.802. The Hall–Kier alpha value is -2.19. The van der Waals surface area contributed by atoms with E-state index >= 15 is 0 Å². The second-order valence-corrected chi connectivity index (χ2v) is 6.43. The van der Waals surface area contributed by atoms with E-state index in [-0.39, 0.29) is 23.7 Å². The summed E-state index contributed by atoms with van der Waals surface area (Å²) in [6, 6.07) is 8.01. The van der Waals surface area contributed by atoms with Crippen molar-refractivity contribution in [1.29, 1.82) is 5.26 Å². The molecule has 1 aromatic carbocycles. The van der Waals surface area contributed by atoms with Crippen LogP contribution in [0.3, 0.4) is 0 Å². The lowest BCUT2D eigenvalue weighted by Crippen LogP contribution is -2.51. The van der Waals surface area contributed by atoms with Crippen molar-refractivity contribution in [3.05, 3.63) is 47.8 Å². The van der Waals surface area contributed by atoms with Gasteiger partial charge in [0.15, 0.2) is 0 Å². The number of benzene rings is 1. The molecule has 0 radical (unpaired) electrons. The molecule has 4 nitrogen and oxygen atoms in total. The number of hydrogen-bond acceptors (Lipinski definition) is 3. The minimum Gasteiger partial charge on any atom is -0.340 e. The molecule has 126 valence electrons. The van der Waals surface area contributed by atoms with Gasteiger partial charge in [0.25, 0.3) is 0 Å². The molecule has 5 heteroatoms. The van der Waals surface area contributed by atoms with Crippen LogP contribution >= 0.6 is 0 Å². The number of halogens is 1. The Morgan fingerprint density at radius 1 is 1.17 bits per heavy atom. The third-order valence-corrected chi connectivity index (χ3v) is 4.92. The number of nitrogens with zero attached hydrogens (tertiary/aromatic N) is 3. The molecule has 0 unspecified atom stereocenters. The highest BCUT2D eigenvalue weighted by Gasteiger charge is 2.30. The number of piperazine rings is 1. The highest BCUT2D eigenvalue weighted by atomic mass is 19.1. The summed E-state index contributed by atoms with van der Waals surface area (Å²) in [7, 11) is 0. The van der Waals surface area contributed by atoms with Crippen molar-refractivity contribution < 1.29 is 9.18 Å². The Labute approximate surface area is 142 Å². The molecule has 1 heterocycles. The van der Waals surface area contributed by atoms with Crippen LogP contribution in [-0.2, 0) is 4.79 Å². The van der Waals surface area contributed by atoms with E-state index in [1.165, 1.54) is 12.1 Å². The summed E-state index contributed by atoms with van der Waals surface area (Å²) in [6.07, 6.45) is 7.00. The topological polar surface area (TPSA) is 47.3 Å². The predicted octanol–water partition coefficient (Wildman–Crippen LogP) is 2.89. The van der Waals surface area contributed by atoms with Gasteiger partial charge in [0, 0.05) is 32.1 Å². The molecule has 1 saturated heterocycles. The summed E-state index contributed by atoms with van der Waals surface area (Å²) in [5, 5.41) is 9.51. The largest absolute Gasteiger partial charge is 0.340 e. The SMILES string of the molecule is N#C[C@H](c1ccc(F)cc1)N1CCN(C(=O)[C@H]2CC=CCC2)CC1. The zero-order chi connectivity index (χ0) is 16.9. The number of rotatable bonds is 3. The van der Waals surface area contributed by atoms with Crippen LogP contribution < -0.4 is 0 Å². The lowest BCUT2D eigenvalue weighted by molar-refractivity contribution is -0.137. The van der Waals surface area contributed by atoms with Gasteiger partial charge in [0.2, 0.25) is 5.91 Å². The van der Waals surface area contributed by atoms with E-state index in [2.05, 4.69) is 23.1 Å². The van der Waals surface area contributed by atoms with Gasteiger partial charge < -0.3 is 4.90 Å². The Morgan fingerprint density at radius 3 is 2.46 bits per heavy atom. The fraction of sp³-hybridized carbons (Fsp3) is 0.474. The van der Waals surface area contributed by atoms with Crippen LogP contribution in [0.25, 0.3) is 0 Å². The van der Waals surface area contributed by atoms with Crippen LogP contribution in [0.1, 0.15) is 30.9 Å². The van der Waals surface area contributed by atoms with Crippen LogP contribution in [0.2, 0.25) is 0 Å². The van der Waals surface area contributed by atoms with Crippen molar-refractivity contribution in [2.75, 3.05) is 26.2 Å². The van der Waals surface area contributed by atoms with Crippen LogP contribution in [-0.4, -0.2) is 41.9 Å². The van der Waals surface area contributed by atoms with Crippen LogP contribution in [0.4, 0.5) is 4.39 Å². The Bertz CT molecular complexity index is 642. The van der Waals surface area contributed by atoms with E-state index in [4.69, 9.17) is 0 Å². The zero-order valence-electron chi connectivity index (χ0n) is 13.7. The first-order chi connectivity index (χ1) is 11.7. The van der Waals surface area contributed by atoms with Crippen molar-refractivity contribution in [2.24, 2.45) is 5.92 Å². The third kappa shape index (κ3) is 3.65. The predicted molar refractivity (Wildman–Crippen MR) is 89.4 cm³/mol. The number of allylic oxidation sites excluding steroid dienone is 2. The zero-order valence-corrected chi connectivity index (χ0v) is 13.7. The maximum atomic E-state index is 13.1. The Balaban J connectivity index is 1.59. The average Bonchev–Trinajstić information content (AvgIpc) is 2.64. The van der Waals surface area contributed by atoms with Gasteiger partial charge in [0.05, 0.1) is 6.07 Å². The molecule has 1 fully saturated rings. The minimum absolute atomic E-state index is 0.116. The Kier molecular flexibility index (Phi) is 5.27. The third-order valence-electron chi connectivity index (χ3n) is 4.92. The summed E-state index contributed by atoms with van der Waals surface area (Å²) in [5.41, 5.74) is 0.802. The highest BCUT2D eigenvalue weighted by molar-refractivity contribution is 5.79. The fourth-order valence-electron chi connectivity index (χ4n) is 3.49. The van der Waals surface area contributed by atoms with E-state index in [0.717, 1.165) is 24.8 Å². The molecule has 0 aromatic heterocycles. The molecule has 2 atom stereocenters. The van der Waals surface area contributed by atoms with Crippen LogP contribution in [0.15, 0.2) is 36.4 Å². The summed E-state index contributed by atoms with van der Waals surface area (Å²) in [6.45, 7) is 2.64. The number of nitriles is 1. The minimum atomic E-state index is -0.388.